The lowest BCUT2D eigenvalue weighted by Crippen LogP contribution is -2.43. The van der Waals surface area contributed by atoms with Gasteiger partial charge in [0.25, 0.3) is 0 Å². The van der Waals surface area contributed by atoms with Crippen molar-refractivity contribution in [3.8, 4) is 0 Å². The van der Waals surface area contributed by atoms with Gasteiger partial charge in [0, 0.05) is 22.3 Å². The molecule has 0 aromatic heterocycles. The number of ketones is 2. The zero-order valence-electron chi connectivity index (χ0n) is 15.9. The molecule has 2 rings (SSSR count). The first-order valence-electron chi connectivity index (χ1n) is 9.06. The van der Waals surface area contributed by atoms with Gasteiger partial charge in [-0.15, -0.1) is 0 Å². The number of hydrogen-bond donors (Lipinski definition) is 1. The minimum absolute atomic E-state index is 0.125. The molecule has 1 aliphatic carbocycles. The van der Waals surface area contributed by atoms with E-state index in [1.54, 1.807) is 45.0 Å². The van der Waals surface area contributed by atoms with Crippen LogP contribution in [-0.2, 0) is 19.8 Å². The molecule has 138 valence electrons. The topological polar surface area (TPSA) is 71.4 Å². The predicted molar refractivity (Wildman–Crippen MR) is 101 cm³/mol. The van der Waals surface area contributed by atoms with Crippen molar-refractivity contribution in [2.45, 2.75) is 58.8 Å². The number of hydrogen-bond acceptors (Lipinski definition) is 3. The van der Waals surface area contributed by atoms with Crippen LogP contribution in [0.15, 0.2) is 52.6 Å². The Hall–Kier alpha value is -2.49. The minimum Gasteiger partial charge on any atom is -0.480 e. The van der Waals surface area contributed by atoms with Crippen molar-refractivity contribution in [3.63, 3.8) is 0 Å². The van der Waals surface area contributed by atoms with Crippen LogP contribution in [0, 0.1) is 0 Å². The van der Waals surface area contributed by atoms with E-state index in [1.165, 1.54) is 0 Å². The average Bonchev–Trinajstić information content (AvgIpc) is 2.64. The maximum absolute atomic E-state index is 13.1. The Bertz CT molecular complexity index is 799. The van der Waals surface area contributed by atoms with E-state index in [2.05, 4.69) is 0 Å². The highest BCUT2D eigenvalue weighted by molar-refractivity contribution is 6.27. The van der Waals surface area contributed by atoms with Crippen LogP contribution in [0.4, 0.5) is 0 Å². The van der Waals surface area contributed by atoms with Crippen LogP contribution in [0.3, 0.4) is 0 Å². The molecule has 0 radical (unpaired) electrons. The Morgan fingerprint density at radius 1 is 0.923 bits per heavy atom. The lowest BCUT2D eigenvalue weighted by molar-refractivity contribution is -0.143. The molecular formula is C22H26O4. The molecule has 0 amide bonds. The quantitative estimate of drug-likeness (QED) is 0.582. The predicted octanol–water partition coefficient (Wildman–Crippen LogP) is 4.39. The number of Topliss-reactive ketones (excluding diaryl/α,β-unsaturated/α-hetero) is 2. The van der Waals surface area contributed by atoms with E-state index in [1.807, 2.05) is 13.0 Å². The molecule has 0 saturated heterocycles. The van der Waals surface area contributed by atoms with Gasteiger partial charge in [-0.05, 0) is 32.8 Å². The minimum atomic E-state index is -1.50. The van der Waals surface area contributed by atoms with Crippen molar-refractivity contribution in [2.24, 2.45) is 0 Å². The molecule has 26 heavy (non-hydrogen) atoms. The molecule has 1 atom stereocenters. The third-order valence-electron chi connectivity index (χ3n) is 5.40. The molecule has 0 saturated carbocycles. The van der Waals surface area contributed by atoms with Crippen LogP contribution in [0.2, 0.25) is 0 Å². The van der Waals surface area contributed by atoms with Gasteiger partial charge >= 0.3 is 5.97 Å². The molecular weight excluding hydrogens is 328 g/mol. The maximum atomic E-state index is 13.1. The summed E-state index contributed by atoms with van der Waals surface area (Å²) in [5, 5.41) is 10.3. The summed E-state index contributed by atoms with van der Waals surface area (Å²) in [7, 11) is 0. The van der Waals surface area contributed by atoms with Gasteiger partial charge in [0.15, 0.2) is 11.6 Å². The maximum Gasteiger partial charge on any atom is 0.318 e. The zero-order chi connectivity index (χ0) is 19.5. The molecule has 4 heteroatoms. The van der Waals surface area contributed by atoms with Crippen LogP contribution >= 0.6 is 0 Å². The fourth-order valence-electron chi connectivity index (χ4n) is 3.72. The Morgan fingerprint density at radius 3 is 2.04 bits per heavy atom. The first kappa shape index (κ1) is 19.8. The van der Waals surface area contributed by atoms with Crippen molar-refractivity contribution in [2.75, 3.05) is 0 Å². The van der Waals surface area contributed by atoms with Crippen molar-refractivity contribution >= 4 is 17.5 Å². The van der Waals surface area contributed by atoms with Crippen molar-refractivity contribution in [3.05, 3.63) is 58.2 Å². The molecule has 4 nitrogen and oxygen atoms in total. The Kier molecular flexibility index (Phi) is 5.96. The Morgan fingerprint density at radius 2 is 1.50 bits per heavy atom. The van der Waals surface area contributed by atoms with Gasteiger partial charge in [-0.25, -0.2) is 0 Å². The summed E-state index contributed by atoms with van der Waals surface area (Å²) in [5.74, 6) is -1.65. The van der Waals surface area contributed by atoms with Gasteiger partial charge < -0.3 is 5.11 Å². The van der Waals surface area contributed by atoms with Crippen molar-refractivity contribution in [1.82, 2.24) is 0 Å². The van der Waals surface area contributed by atoms with Crippen LogP contribution < -0.4 is 0 Å². The van der Waals surface area contributed by atoms with E-state index in [-0.39, 0.29) is 29.1 Å². The summed E-state index contributed by atoms with van der Waals surface area (Å²) < 4.78 is 0. The third-order valence-corrected chi connectivity index (χ3v) is 5.40. The third kappa shape index (κ3) is 3.16. The summed E-state index contributed by atoms with van der Waals surface area (Å²) in [6, 6.07) is 8.82. The second-order valence-corrected chi connectivity index (χ2v) is 6.94. The summed E-state index contributed by atoms with van der Waals surface area (Å²) in [6.07, 6.45) is 2.76. The largest absolute Gasteiger partial charge is 0.480 e. The smallest absolute Gasteiger partial charge is 0.318 e. The molecule has 1 aromatic carbocycles. The summed E-state index contributed by atoms with van der Waals surface area (Å²) in [6.45, 7) is 6.84. The van der Waals surface area contributed by atoms with E-state index >= 15 is 0 Å². The SMILES string of the molecule is CCCCCC(C(=O)O)(C1=C(C)C(=O)C(C)=C(C)C1=O)c1ccccc1. The number of aliphatic carboxylic acids is 1. The van der Waals surface area contributed by atoms with Gasteiger partial charge in [0.2, 0.25) is 0 Å². The van der Waals surface area contributed by atoms with E-state index < -0.39 is 11.4 Å². The molecule has 0 bridgehead atoms. The molecule has 1 unspecified atom stereocenters. The second-order valence-electron chi connectivity index (χ2n) is 6.94. The highest BCUT2D eigenvalue weighted by Gasteiger charge is 2.49. The number of carbonyl (C=O) groups is 3. The van der Waals surface area contributed by atoms with Crippen LogP contribution in [0.25, 0.3) is 0 Å². The first-order valence-corrected chi connectivity index (χ1v) is 9.06. The van der Waals surface area contributed by atoms with Gasteiger partial charge in [-0.2, -0.15) is 0 Å². The molecule has 0 heterocycles. The van der Waals surface area contributed by atoms with E-state index in [0.29, 0.717) is 23.1 Å². The highest BCUT2D eigenvalue weighted by Crippen LogP contribution is 2.43. The molecule has 0 aliphatic heterocycles. The standard InChI is InChI=1S/C22H26O4/c1-5-6-10-13-22(21(25)26,17-11-8-7-9-12-17)18-16(4)19(23)14(2)15(3)20(18)24/h7-9,11-12H,5-6,10,13H2,1-4H3,(H,25,26). The molecule has 0 spiro atoms. The number of carboxylic acid groups (broad SMARTS) is 1. The van der Waals surface area contributed by atoms with Gasteiger partial charge in [0.05, 0.1) is 0 Å². The van der Waals surface area contributed by atoms with Crippen molar-refractivity contribution in [1.29, 1.82) is 0 Å². The summed E-state index contributed by atoms with van der Waals surface area (Å²) in [4.78, 5) is 38.4. The van der Waals surface area contributed by atoms with Crippen molar-refractivity contribution < 1.29 is 19.5 Å². The monoisotopic (exact) mass is 354 g/mol. The Labute approximate surface area is 154 Å². The van der Waals surface area contributed by atoms with Crippen LogP contribution in [-0.4, -0.2) is 22.6 Å². The molecule has 1 N–H and O–H groups in total. The number of rotatable bonds is 7. The highest BCUT2D eigenvalue weighted by atomic mass is 16.4. The number of unbranched alkanes of at least 4 members (excludes halogenated alkanes) is 2. The van der Waals surface area contributed by atoms with Gasteiger partial charge in [-0.3, -0.25) is 14.4 Å². The van der Waals surface area contributed by atoms with E-state index in [4.69, 9.17) is 0 Å². The normalized spacial score (nSPS) is 17.5. The summed E-state index contributed by atoms with van der Waals surface area (Å²) >= 11 is 0. The van der Waals surface area contributed by atoms with Crippen LogP contribution in [0.5, 0.6) is 0 Å². The zero-order valence-corrected chi connectivity index (χ0v) is 15.9. The number of carbonyl (C=O) groups excluding carboxylic acids is 2. The van der Waals surface area contributed by atoms with E-state index in [9.17, 15) is 19.5 Å². The van der Waals surface area contributed by atoms with Crippen LogP contribution in [0.1, 0.15) is 58.9 Å². The summed E-state index contributed by atoms with van der Waals surface area (Å²) in [5.41, 5.74) is 0.160. The number of benzene rings is 1. The number of allylic oxidation sites excluding steroid dienone is 3. The fourth-order valence-corrected chi connectivity index (χ4v) is 3.72. The molecule has 1 aliphatic rings. The Balaban J connectivity index is 2.77. The fraction of sp³-hybridized carbons (Fsp3) is 0.409. The molecule has 1 aromatic rings. The van der Waals surface area contributed by atoms with Gasteiger partial charge in [-0.1, -0.05) is 56.5 Å². The molecule has 0 fully saturated rings. The number of carboxylic acids is 1. The average molecular weight is 354 g/mol. The lowest BCUT2D eigenvalue weighted by Gasteiger charge is -2.35. The first-order chi connectivity index (χ1) is 12.3. The van der Waals surface area contributed by atoms with E-state index in [0.717, 1.165) is 12.8 Å². The second kappa shape index (κ2) is 7.81. The van der Waals surface area contributed by atoms with Gasteiger partial charge in [0.1, 0.15) is 5.41 Å². The lowest BCUT2D eigenvalue weighted by atomic mass is 9.64.